The van der Waals surface area contributed by atoms with E-state index >= 15 is 0 Å². The first-order valence-corrected chi connectivity index (χ1v) is 5.53. The molecule has 1 aromatic rings. The van der Waals surface area contributed by atoms with Gasteiger partial charge in [-0.1, -0.05) is 25.5 Å². The highest BCUT2D eigenvalue weighted by Crippen LogP contribution is 2.10. The van der Waals surface area contributed by atoms with Crippen molar-refractivity contribution in [3.8, 4) is 0 Å². The number of unbranched alkanes of at least 4 members (excludes halogenated alkanes) is 1. The highest BCUT2D eigenvalue weighted by molar-refractivity contribution is 6.27. The Kier molecular flexibility index (Phi) is 7.96. The molecule has 0 heterocycles. The fourth-order valence-corrected chi connectivity index (χ4v) is 1.15. The van der Waals surface area contributed by atoms with Gasteiger partial charge < -0.3 is 15.6 Å². The average molecular weight is 254 g/mol. The van der Waals surface area contributed by atoms with Crippen LogP contribution in [-0.4, -0.2) is 22.2 Å². The third-order valence-electron chi connectivity index (χ3n) is 2.12. The molecule has 0 aliphatic rings. The standard InChI is InChI=1S/C10H16N2.C2H2O4/c1-2-3-4-9-5-7-10(12-11)8-6-9;3-1(4)2(5)6/h5-8,12H,2-4,11H2,1H3;(H,3,4)(H,5,6). The molecule has 0 aliphatic heterocycles. The number of anilines is 1. The van der Waals surface area contributed by atoms with E-state index in [0.717, 1.165) is 5.69 Å². The van der Waals surface area contributed by atoms with E-state index in [1.807, 2.05) is 12.1 Å². The zero-order chi connectivity index (χ0) is 14.0. The van der Waals surface area contributed by atoms with Gasteiger partial charge in [0.2, 0.25) is 0 Å². The first-order chi connectivity index (χ1) is 8.51. The highest BCUT2D eigenvalue weighted by atomic mass is 16.4. The zero-order valence-electron chi connectivity index (χ0n) is 10.2. The molecule has 0 aromatic heterocycles. The van der Waals surface area contributed by atoms with Crippen LogP contribution in [0.5, 0.6) is 0 Å². The molecule has 0 atom stereocenters. The molecule has 0 spiro atoms. The van der Waals surface area contributed by atoms with Gasteiger partial charge in [0.05, 0.1) is 0 Å². The third-order valence-corrected chi connectivity index (χ3v) is 2.12. The predicted molar refractivity (Wildman–Crippen MR) is 68.1 cm³/mol. The van der Waals surface area contributed by atoms with E-state index in [2.05, 4.69) is 24.5 Å². The predicted octanol–water partition coefficient (Wildman–Crippen LogP) is 1.47. The smallest absolute Gasteiger partial charge is 0.414 e. The third kappa shape index (κ3) is 7.24. The number of carboxylic acids is 2. The van der Waals surface area contributed by atoms with Crippen LogP contribution in [0.25, 0.3) is 0 Å². The minimum atomic E-state index is -1.82. The van der Waals surface area contributed by atoms with Crippen molar-refractivity contribution in [1.29, 1.82) is 0 Å². The highest BCUT2D eigenvalue weighted by Gasteiger charge is 2.04. The molecule has 6 heteroatoms. The van der Waals surface area contributed by atoms with Gasteiger partial charge in [-0.15, -0.1) is 0 Å². The van der Waals surface area contributed by atoms with Crippen LogP contribution in [0.2, 0.25) is 0 Å². The van der Waals surface area contributed by atoms with Gasteiger partial charge in [-0.3, -0.25) is 5.84 Å². The molecule has 0 unspecified atom stereocenters. The fraction of sp³-hybridized carbons (Fsp3) is 0.333. The molecular formula is C12H18N2O4. The SMILES string of the molecule is CCCCc1ccc(NN)cc1.O=C(O)C(=O)O. The van der Waals surface area contributed by atoms with Crippen molar-refractivity contribution in [3.63, 3.8) is 0 Å². The summed E-state index contributed by atoms with van der Waals surface area (Å²) in [5, 5.41) is 14.8. The van der Waals surface area contributed by atoms with Crippen molar-refractivity contribution in [1.82, 2.24) is 0 Å². The van der Waals surface area contributed by atoms with Crippen molar-refractivity contribution < 1.29 is 19.8 Å². The molecule has 0 saturated heterocycles. The average Bonchev–Trinajstić information content (AvgIpc) is 2.37. The first-order valence-electron chi connectivity index (χ1n) is 5.53. The van der Waals surface area contributed by atoms with Crippen LogP contribution in [0.4, 0.5) is 5.69 Å². The first kappa shape index (κ1) is 15.9. The molecule has 0 aliphatic carbocycles. The number of benzene rings is 1. The summed E-state index contributed by atoms with van der Waals surface area (Å²) in [7, 11) is 0. The summed E-state index contributed by atoms with van der Waals surface area (Å²) in [6.07, 6.45) is 3.67. The van der Waals surface area contributed by atoms with Crippen LogP contribution in [-0.2, 0) is 16.0 Å². The Hall–Kier alpha value is -2.08. The van der Waals surface area contributed by atoms with E-state index in [-0.39, 0.29) is 0 Å². The maximum absolute atomic E-state index is 9.10. The lowest BCUT2D eigenvalue weighted by Gasteiger charge is -2.02. The Morgan fingerprint density at radius 3 is 2.00 bits per heavy atom. The second kappa shape index (κ2) is 9.00. The molecular weight excluding hydrogens is 236 g/mol. The molecule has 6 nitrogen and oxygen atoms in total. The zero-order valence-corrected chi connectivity index (χ0v) is 10.2. The maximum Gasteiger partial charge on any atom is 0.414 e. The number of aliphatic carboxylic acids is 2. The number of nitrogens with one attached hydrogen (secondary N) is 1. The number of hydrogen-bond acceptors (Lipinski definition) is 4. The fourth-order valence-electron chi connectivity index (χ4n) is 1.15. The summed E-state index contributed by atoms with van der Waals surface area (Å²) in [6, 6.07) is 8.24. The maximum atomic E-state index is 9.10. The molecule has 0 fully saturated rings. The van der Waals surface area contributed by atoms with Gasteiger partial charge >= 0.3 is 11.9 Å². The Morgan fingerprint density at radius 1 is 1.17 bits per heavy atom. The molecule has 1 rings (SSSR count). The minimum absolute atomic E-state index is 0.968. The van der Waals surface area contributed by atoms with E-state index in [1.165, 1.54) is 24.8 Å². The Balaban J connectivity index is 0.000000411. The Morgan fingerprint density at radius 2 is 1.67 bits per heavy atom. The summed E-state index contributed by atoms with van der Waals surface area (Å²) >= 11 is 0. The van der Waals surface area contributed by atoms with Crippen LogP contribution < -0.4 is 11.3 Å². The van der Waals surface area contributed by atoms with Crippen molar-refractivity contribution >= 4 is 17.6 Å². The number of hydrogen-bond donors (Lipinski definition) is 4. The minimum Gasteiger partial charge on any atom is -0.473 e. The lowest BCUT2D eigenvalue weighted by molar-refractivity contribution is -0.159. The number of carboxylic acid groups (broad SMARTS) is 2. The summed E-state index contributed by atoms with van der Waals surface area (Å²) in [5.41, 5.74) is 4.96. The van der Waals surface area contributed by atoms with Gasteiger partial charge in [-0.05, 0) is 30.5 Å². The molecule has 0 bridgehead atoms. The number of nitrogens with two attached hydrogens (primary N) is 1. The topological polar surface area (TPSA) is 113 Å². The van der Waals surface area contributed by atoms with E-state index in [0.29, 0.717) is 0 Å². The summed E-state index contributed by atoms with van der Waals surface area (Å²) in [5.74, 6) is 1.60. The number of rotatable bonds is 4. The Bertz CT molecular complexity index is 364. The second-order valence-corrected chi connectivity index (χ2v) is 3.56. The van der Waals surface area contributed by atoms with Crippen LogP contribution >= 0.6 is 0 Å². The molecule has 1 aromatic carbocycles. The quantitative estimate of drug-likeness (QED) is 0.367. The molecule has 18 heavy (non-hydrogen) atoms. The molecule has 0 amide bonds. The lowest BCUT2D eigenvalue weighted by Crippen LogP contribution is -2.09. The summed E-state index contributed by atoms with van der Waals surface area (Å²) < 4.78 is 0. The van der Waals surface area contributed by atoms with E-state index in [9.17, 15) is 0 Å². The number of nitrogen functional groups attached to an aromatic ring is 1. The van der Waals surface area contributed by atoms with Gasteiger partial charge in [0.15, 0.2) is 0 Å². The van der Waals surface area contributed by atoms with Crippen molar-refractivity contribution in [2.45, 2.75) is 26.2 Å². The van der Waals surface area contributed by atoms with Gasteiger partial charge in [0.25, 0.3) is 0 Å². The lowest BCUT2D eigenvalue weighted by atomic mass is 10.1. The van der Waals surface area contributed by atoms with Gasteiger partial charge in [0, 0.05) is 5.69 Å². The molecule has 100 valence electrons. The van der Waals surface area contributed by atoms with Gasteiger partial charge in [-0.25, -0.2) is 9.59 Å². The van der Waals surface area contributed by atoms with E-state index in [1.54, 1.807) is 0 Å². The normalized spacial score (nSPS) is 9.00. The van der Waals surface area contributed by atoms with Gasteiger partial charge in [-0.2, -0.15) is 0 Å². The van der Waals surface area contributed by atoms with Crippen molar-refractivity contribution in [2.75, 3.05) is 5.43 Å². The van der Waals surface area contributed by atoms with E-state index < -0.39 is 11.9 Å². The van der Waals surface area contributed by atoms with Gasteiger partial charge in [0.1, 0.15) is 0 Å². The summed E-state index contributed by atoms with van der Waals surface area (Å²) in [6.45, 7) is 2.20. The molecule has 0 radical (unpaired) electrons. The number of carbonyl (C=O) groups is 2. The number of aryl methyl sites for hydroxylation is 1. The van der Waals surface area contributed by atoms with Crippen LogP contribution in [0, 0.1) is 0 Å². The summed E-state index contributed by atoms with van der Waals surface area (Å²) in [4.78, 5) is 18.2. The largest absolute Gasteiger partial charge is 0.473 e. The second-order valence-electron chi connectivity index (χ2n) is 3.56. The van der Waals surface area contributed by atoms with Crippen molar-refractivity contribution in [2.24, 2.45) is 5.84 Å². The monoisotopic (exact) mass is 254 g/mol. The van der Waals surface area contributed by atoms with Crippen LogP contribution in [0.1, 0.15) is 25.3 Å². The van der Waals surface area contributed by atoms with Crippen molar-refractivity contribution in [3.05, 3.63) is 29.8 Å². The molecule has 0 saturated carbocycles. The Labute approximate surface area is 105 Å². The molecule has 5 N–H and O–H groups in total. The van der Waals surface area contributed by atoms with E-state index in [4.69, 9.17) is 25.6 Å². The van der Waals surface area contributed by atoms with Crippen LogP contribution in [0.3, 0.4) is 0 Å². The van der Waals surface area contributed by atoms with Crippen LogP contribution in [0.15, 0.2) is 24.3 Å². The number of hydrazine groups is 1.